The third-order valence-corrected chi connectivity index (χ3v) is 2.65. The van der Waals surface area contributed by atoms with Crippen LogP contribution < -0.4 is 9.44 Å². The lowest BCUT2D eigenvalue weighted by molar-refractivity contribution is 0.0569. The van der Waals surface area contributed by atoms with Crippen molar-refractivity contribution < 1.29 is 17.9 Å². The quantitative estimate of drug-likeness (QED) is 0.787. The molecule has 0 aromatic rings. The van der Waals surface area contributed by atoms with E-state index in [1.807, 2.05) is 13.8 Å². The Labute approximate surface area is 103 Å². The predicted octanol–water partition coefficient (Wildman–Crippen LogP) is 1.39. The van der Waals surface area contributed by atoms with Gasteiger partial charge >= 0.3 is 16.3 Å². The molecule has 0 spiro atoms. The van der Waals surface area contributed by atoms with Gasteiger partial charge in [0.1, 0.15) is 5.60 Å². The molecule has 0 aromatic carbocycles. The molecule has 0 saturated carbocycles. The van der Waals surface area contributed by atoms with E-state index in [4.69, 9.17) is 4.74 Å². The van der Waals surface area contributed by atoms with Crippen molar-refractivity contribution in [2.45, 2.75) is 46.6 Å². The zero-order chi connectivity index (χ0) is 13.7. The van der Waals surface area contributed by atoms with Crippen LogP contribution in [0, 0.1) is 5.92 Å². The van der Waals surface area contributed by atoms with Crippen LogP contribution in [0.2, 0.25) is 0 Å². The first-order valence-corrected chi connectivity index (χ1v) is 7.00. The number of carbonyl (C=O) groups excluding carboxylic acids is 1. The Balaban J connectivity index is 4.13. The number of hydrogen-bond donors (Lipinski definition) is 2. The highest BCUT2D eigenvalue weighted by Gasteiger charge is 2.20. The van der Waals surface area contributed by atoms with E-state index in [0.717, 1.165) is 0 Å². The van der Waals surface area contributed by atoms with Crippen molar-refractivity contribution in [3.63, 3.8) is 0 Å². The molecule has 0 atom stereocenters. The summed E-state index contributed by atoms with van der Waals surface area (Å²) >= 11 is 0. The highest BCUT2D eigenvalue weighted by atomic mass is 32.2. The summed E-state index contributed by atoms with van der Waals surface area (Å²) < 4.78 is 31.7. The molecule has 7 heteroatoms. The lowest BCUT2D eigenvalue weighted by Crippen LogP contribution is -2.43. The summed E-state index contributed by atoms with van der Waals surface area (Å²) in [7, 11) is -3.82. The highest BCUT2D eigenvalue weighted by molar-refractivity contribution is 7.88. The predicted molar refractivity (Wildman–Crippen MR) is 65.7 cm³/mol. The molecule has 0 aliphatic rings. The van der Waals surface area contributed by atoms with Crippen LogP contribution in [0.25, 0.3) is 0 Å². The standard InChI is InChI=1S/C10H22N2O4S/c1-8(2)6-7-11-17(14,15)12-9(13)16-10(3,4)5/h8,11H,6-7H2,1-5H3,(H,12,13). The van der Waals surface area contributed by atoms with Gasteiger partial charge in [0.15, 0.2) is 0 Å². The van der Waals surface area contributed by atoms with E-state index in [9.17, 15) is 13.2 Å². The van der Waals surface area contributed by atoms with Gasteiger partial charge in [-0.1, -0.05) is 13.8 Å². The van der Waals surface area contributed by atoms with Crippen molar-refractivity contribution in [1.82, 2.24) is 9.44 Å². The largest absolute Gasteiger partial charge is 0.443 e. The molecule has 102 valence electrons. The third-order valence-electron chi connectivity index (χ3n) is 1.63. The Morgan fingerprint density at radius 3 is 2.24 bits per heavy atom. The highest BCUT2D eigenvalue weighted by Crippen LogP contribution is 2.06. The zero-order valence-electron chi connectivity index (χ0n) is 11.0. The fourth-order valence-electron chi connectivity index (χ4n) is 0.927. The molecule has 0 radical (unpaired) electrons. The van der Waals surface area contributed by atoms with Crippen molar-refractivity contribution in [1.29, 1.82) is 0 Å². The fourth-order valence-corrected chi connectivity index (χ4v) is 1.65. The minimum absolute atomic E-state index is 0.287. The van der Waals surface area contributed by atoms with E-state index in [1.54, 1.807) is 25.5 Å². The molecule has 0 unspecified atom stereocenters. The first-order chi connectivity index (χ1) is 7.52. The van der Waals surface area contributed by atoms with Crippen molar-refractivity contribution in [3.05, 3.63) is 0 Å². The Bertz CT molecular complexity index is 344. The molecule has 17 heavy (non-hydrogen) atoms. The lowest BCUT2D eigenvalue weighted by Gasteiger charge is -2.19. The summed E-state index contributed by atoms with van der Waals surface area (Å²) in [6.45, 7) is 9.23. The van der Waals surface area contributed by atoms with E-state index < -0.39 is 21.9 Å². The summed E-state index contributed by atoms with van der Waals surface area (Å²) in [4.78, 5) is 11.2. The molecule has 0 rings (SSSR count). The van der Waals surface area contributed by atoms with Gasteiger partial charge in [0.2, 0.25) is 0 Å². The minimum Gasteiger partial charge on any atom is -0.443 e. The van der Waals surface area contributed by atoms with E-state index in [2.05, 4.69) is 4.72 Å². The molecule has 0 fully saturated rings. The molecule has 0 bridgehead atoms. The van der Waals surface area contributed by atoms with Crippen LogP contribution in [0.3, 0.4) is 0 Å². The van der Waals surface area contributed by atoms with Gasteiger partial charge in [-0.25, -0.2) is 9.52 Å². The number of nitrogens with one attached hydrogen (secondary N) is 2. The van der Waals surface area contributed by atoms with E-state index in [-0.39, 0.29) is 6.54 Å². The zero-order valence-corrected chi connectivity index (χ0v) is 11.8. The fraction of sp³-hybridized carbons (Fsp3) is 0.900. The van der Waals surface area contributed by atoms with Crippen LogP contribution in [0.4, 0.5) is 4.79 Å². The van der Waals surface area contributed by atoms with Crippen LogP contribution in [0.5, 0.6) is 0 Å². The van der Waals surface area contributed by atoms with Crippen molar-refractivity contribution in [3.8, 4) is 0 Å². The van der Waals surface area contributed by atoms with Gasteiger partial charge in [0.25, 0.3) is 0 Å². The number of carbonyl (C=O) groups is 1. The molecule has 1 amide bonds. The molecule has 0 heterocycles. The molecule has 0 aromatic heterocycles. The first kappa shape index (κ1) is 16.2. The van der Waals surface area contributed by atoms with Crippen LogP contribution in [-0.2, 0) is 14.9 Å². The van der Waals surface area contributed by atoms with Gasteiger partial charge in [-0.05, 0) is 33.1 Å². The number of rotatable bonds is 5. The first-order valence-electron chi connectivity index (χ1n) is 5.52. The SMILES string of the molecule is CC(C)CCNS(=O)(=O)NC(=O)OC(C)(C)C. The van der Waals surface area contributed by atoms with Crippen LogP contribution in [-0.4, -0.2) is 26.7 Å². The van der Waals surface area contributed by atoms with Crippen molar-refractivity contribution in [2.75, 3.05) is 6.54 Å². The van der Waals surface area contributed by atoms with Crippen molar-refractivity contribution >= 4 is 16.3 Å². The van der Waals surface area contributed by atoms with Gasteiger partial charge in [-0.15, -0.1) is 0 Å². The average molecular weight is 266 g/mol. The molecule has 0 aliphatic heterocycles. The molecular formula is C10H22N2O4S. The van der Waals surface area contributed by atoms with Gasteiger partial charge in [0.05, 0.1) is 0 Å². The maximum Gasteiger partial charge on any atom is 0.422 e. The summed E-state index contributed by atoms with van der Waals surface area (Å²) in [6, 6.07) is 0. The average Bonchev–Trinajstić information content (AvgIpc) is 1.96. The minimum atomic E-state index is -3.82. The van der Waals surface area contributed by atoms with Gasteiger partial charge in [0, 0.05) is 6.54 Å². The van der Waals surface area contributed by atoms with E-state index in [0.29, 0.717) is 12.3 Å². The normalized spacial score (nSPS) is 12.6. The Kier molecular flexibility index (Phi) is 5.91. The second kappa shape index (κ2) is 6.20. The van der Waals surface area contributed by atoms with Crippen molar-refractivity contribution in [2.24, 2.45) is 5.92 Å². The summed E-state index contributed by atoms with van der Waals surface area (Å²) in [5.74, 6) is 0.388. The third kappa shape index (κ3) is 10.1. The van der Waals surface area contributed by atoms with Gasteiger partial charge < -0.3 is 4.74 Å². The van der Waals surface area contributed by atoms with E-state index in [1.165, 1.54) is 0 Å². The van der Waals surface area contributed by atoms with Gasteiger partial charge in [-0.2, -0.15) is 13.1 Å². The number of hydrogen-bond acceptors (Lipinski definition) is 4. The molecule has 0 saturated heterocycles. The van der Waals surface area contributed by atoms with Crippen LogP contribution in [0.15, 0.2) is 0 Å². The summed E-state index contributed by atoms with van der Waals surface area (Å²) in [6.07, 6.45) is -0.274. The molecule has 0 aliphatic carbocycles. The van der Waals surface area contributed by atoms with E-state index >= 15 is 0 Å². The number of amides is 1. The second-order valence-electron chi connectivity index (χ2n) is 5.18. The van der Waals surface area contributed by atoms with Crippen LogP contribution >= 0.6 is 0 Å². The molecule has 2 N–H and O–H groups in total. The smallest absolute Gasteiger partial charge is 0.422 e. The topological polar surface area (TPSA) is 84.5 Å². The summed E-state index contributed by atoms with van der Waals surface area (Å²) in [5, 5.41) is 0. The monoisotopic (exact) mass is 266 g/mol. The molecule has 6 nitrogen and oxygen atoms in total. The Hall–Kier alpha value is -0.820. The lowest BCUT2D eigenvalue weighted by atomic mass is 10.1. The molecular weight excluding hydrogens is 244 g/mol. The maximum atomic E-state index is 11.4. The van der Waals surface area contributed by atoms with Gasteiger partial charge in [-0.3, -0.25) is 0 Å². The number of ether oxygens (including phenoxy) is 1. The Morgan fingerprint density at radius 2 is 1.82 bits per heavy atom. The van der Waals surface area contributed by atoms with Crippen LogP contribution in [0.1, 0.15) is 41.0 Å². The summed E-state index contributed by atoms with van der Waals surface area (Å²) in [5.41, 5.74) is -0.725. The Morgan fingerprint density at radius 1 is 1.29 bits per heavy atom. The second-order valence-corrected chi connectivity index (χ2v) is 6.68. The maximum absolute atomic E-state index is 11.4.